The molecule has 48 heavy (non-hydrogen) atoms. The minimum atomic E-state index is -0.709. The minimum absolute atomic E-state index is 0.709. The molecule has 3 aliphatic heterocycles. The van der Waals surface area contributed by atoms with Crippen LogP contribution in [0.25, 0.3) is 66.0 Å². The van der Waals surface area contributed by atoms with E-state index in [0.717, 1.165) is 28.4 Å². The molecule has 3 aromatic heterocycles. The van der Waals surface area contributed by atoms with E-state index in [1.807, 2.05) is 0 Å². The molecule has 224 valence electrons. The van der Waals surface area contributed by atoms with Gasteiger partial charge in [-0.3, -0.25) is 0 Å². The van der Waals surface area contributed by atoms with Crippen molar-refractivity contribution >= 4 is 43.5 Å². The maximum atomic E-state index is 6.86. The Morgan fingerprint density at radius 3 is 2.10 bits per heavy atom. The van der Waals surface area contributed by atoms with E-state index >= 15 is 0 Å². The fourth-order valence-electron chi connectivity index (χ4n) is 9.63. The molecule has 12 rings (SSSR count). The molecule has 6 heterocycles. The summed E-state index contributed by atoms with van der Waals surface area (Å²) < 4.78 is 16.9. The molecule has 3 aliphatic rings. The van der Waals surface area contributed by atoms with E-state index in [1.54, 1.807) is 0 Å². The number of nitrogens with zero attached hydrogens (tertiary/aromatic N) is 4. The summed E-state index contributed by atoms with van der Waals surface area (Å²) in [7, 11) is 0. The molecule has 0 aliphatic carbocycles. The highest BCUT2D eigenvalue weighted by molar-refractivity contribution is 6.14. The summed E-state index contributed by atoms with van der Waals surface area (Å²) in [5.41, 5.74) is 11.3. The molecule has 0 saturated heterocycles. The number of ether oxygens (including phenoxy) is 1. The Hall–Kier alpha value is -6.20. The SMILES string of the molecule is Cc1c(-c2cc3ccccc3c3ccccc23)c(C)[n+]2n1-c1cccc3c1C21c2c(cccc2-n2c4ccccc4c4ccc[n+]1c42)O3. The van der Waals surface area contributed by atoms with Crippen molar-refractivity contribution in [3.63, 3.8) is 0 Å². The van der Waals surface area contributed by atoms with Crippen molar-refractivity contribution in [3.8, 4) is 34.0 Å². The van der Waals surface area contributed by atoms with Gasteiger partial charge in [0.15, 0.2) is 11.3 Å². The Balaban J connectivity index is 1.31. The number of hydrogen-bond acceptors (Lipinski definition) is 1. The predicted molar refractivity (Wildman–Crippen MR) is 189 cm³/mol. The Labute approximate surface area is 275 Å². The molecule has 9 aromatic rings. The molecule has 5 nitrogen and oxygen atoms in total. The second kappa shape index (κ2) is 8.20. The van der Waals surface area contributed by atoms with Crippen molar-refractivity contribution in [2.45, 2.75) is 19.5 Å². The summed E-state index contributed by atoms with van der Waals surface area (Å²) in [4.78, 5) is 0. The quantitative estimate of drug-likeness (QED) is 0.134. The molecule has 6 aromatic carbocycles. The third kappa shape index (κ3) is 2.57. The van der Waals surface area contributed by atoms with Crippen molar-refractivity contribution in [3.05, 3.63) is 156 Å². The number of hydrogen-bond donors (Lipinski definition) is 0. The maximum absolute atomic E-state index is 6.86. The number of pyridine rings is 1. The first-order valence-electron chi connectivity index (χ1n) is 16.6. The number of para-hydroxylation sites is 1. The van der Waals surface area contributed by atoms with Gasteiger partial charge in [-0.2, -0.15) is 9.13 Å². The molecule has 5 heteroatoms. The van der Waals surface area contributed by atoms with Crippen LogP contribution in [0.4, 0.5) is 0 Å². The monoisotopic (exact) mass is 616 g/mol. The lowest BCUT2D eigenvalue weighted by Gasteiger charge is -2.33. The lowest BCUT2D eigenvalue weighted by atomic mass is 9.84. The topological polar surface area (TPSA) is 26.8 Å². The van der Waals surface area contributed by atoms with Gasteiger partial charge >= 0.3 is 11.3 Å². The minimum Gasteiger partial charge on any atom is -0.456 e. The molecule has 0 N–H and O–H groups in total. The second-order valence-electron chi connectivity index (χ2n) is 13.4. The summed E-state index contributed by atoms with van der Waals surface area (Å²) in [5, 5.41) is 7.57. The van der Waals surface area contributed by atoms with Crippen LogP contribution in [0.1, 0.15) is 22.5 Å². The van der Waals surface area contributed by atoms with E-state index in [4.69, 9.17) is 4.74 Å². The molecule has 1 spiro atoms. The third-order valence-corrected chi connectivity index (χ3v) is 11.3. The molecule has 0 amide bonds. The molecule has 1 atom stereocenters. The first-order chi connectivity index (χ1) is 23.7. The Bertz CT molecular complexity index is 2960. The smallest absolute Gasteiger partial charge is 0.397 e. The lowest BCUT2D eigenvalue weighted by molar-refractivity contribution is -0.990. The highest BCUT2D eigenvalue weighted by atomic mass is 16.5. The van der Waals surface area contributed by atoms with Crippen LogP contribution in [-0.2, 0) is 5.66 Å². The summed E-state index contributed by atoms with van der Waals surface area (Å²) in [6.45, 7) is 4.60. The Kier molecular flexibility index (Phi) is 4.26. The van der Waals surface area contributed by atoms with Crippen molar-refractivity contribution in [1.29, 1.82) is 0 Å². The zero-order chi connectivity index (χ0) is 31.5. The van der Waals surface area contributed by atoms with Gasteiger partial charge in [0.2, 0.25) is 5.69 Å². The van der Waals surface area contributed by atoms with E-state index in [0.29, 0.717) is 0 Å². The van der Waals surface area contributed by atoms with Gasteiger partial charge in [0.1, 0.15) is 28.3 Å². The van der Waals surface area contributed by atoms with Crippen LogP contribution < -0.4 is 14.0 Å². The molecular weight excluding hydrogens is 589 g/mol. The molecule has 1 unspecified atom stereocenters. The first kappa shape index (κ1) is 25.0. The van der Waals surface area contributed by atoms with Crippen LogP contribution in [0, 0.1) is 13.8 Å². The van der Waals surface area contributed by atoms with Gasteiger partial charge in [0, 0.05) is 12.3 Å². The van der Waals surface area contributed by atoms with Crippen molar-refractivity contribution in [2.75, 3.05) is 0 Å². The Morgan fingerprint density at radius 1 is 0.604 bits per heavy atom. The zero-order valence-corrected chi connectivity index (χ0v) is 26.4. The molecular formula is C43H28N4O+2. The van der Waals surface area contributed by atoms with Crippen molar-refractivity contribution < 1.29 is 14.0 Å². The van der Waals surface area contributed by atoms with Gasteiger partial charge in [0.05, 0.1) is 22.8 Å². The van der Waals surface area contributed by atoms with Gasteiger partial charge in [-0.25, -0.2) is 0 Å². The van der Waals surface area contributed by atoms with Gasteiger partial charge < -0.3 is 4.74 Å². The molecule has 0 saturated carbocycles. The van der Waals surface area contributed by atoms with E-state index in [2.05, 4.69) is 166 Å². The summed E-state index contributed by atoms with van der Waals surface area (Å²) in [6.07, 6.45) is 2.28. The van der Waals surface area contributed by atoms with Crippen LogP contribution in [0.5, 0.6) is 11.5 Å². The third-order valence-electron chi connectivity index (χ3n) is 11.3. The predicted octanol–water partition coefficient (Wildman–Crippen LogP) is 8.77. The fourth-order valence-corrected chi connectivity index (χ4v) is 9.63. The van der Waals surface area contributed by atoms with E-state index < -0.39 is 5.66 Å². The largest absolute Gasteiger partial charge is 0.456 e. The molecule has 0 bridgehead atoms. The Morgan fingerprint density at radius 2 is 1.27 bits per heavy atom. The van der Waals surface area contributed by atoms with Crippen LogP contribution in [0.15, 0.2) is 134 Å². The van der Waals surface area contributed by atoms with Crippen LogP contribution in [0.2, 0.25) is 0 Å². The highest BCUT2D eigenvalue weighted by Crippen LogP contribution is 2.55. The normalized spacial score (nSPS) is 16.4. The second-order valence-corrected chi connectivity index (χ2v) is 13.4. The van der Waals surface area contributed by atoms with Crippen molar-refractivity contribution in [2.24, 2.45) is 0 Å². The van der Waals surface area contributed by atoms with E-state index in [1.165, 1.54) is 71.6 Å². The van der Waals surface area contributed by atoms with Gasteiger partial charge in [-0.05, 0) is 88.6 Å². The summed E-state index contributed by atoms with van der Waals surface area (Å²) in [6, 6.07) is 46.4. The zero-order valence-electron chi connectivity index (χ0n) is 26.4. The van der Waals surface area contributed by atoms with Gasteiger partial charge in [0.25, 0.3) is 0 Å². The van der Waals surface area contributed by atoms with Crippen molar-refractivity contribution in [1.82, 2.24) is 9.25 Å². The standard InChI is InChI=1S/C43H28N4O/c1-25-39(33-24-27-12-3-4-13-28(27)29-14-5-6-15-30(29)33)26(2)47-43-40-35(19-9-21-37(40)48-38-22-10-20-36(41(38)43)46(25)47)45-34-18-8-7-16-31(34)32-17-11-23-44(43)42(32)45/h3-24H,1-2H3/q+2. The van der Waals surface area contributed by atoms with E-state index in [9.17, 15) is 0 Å². The average Bonchev–Trinajstić information content (AvgIpc) is 3.73. The maximum Gasteiger partial charge on any atom is 0.397 e. The molecule has 0 fully saturated rings. The number of benzene rings is 6. The van der Waals surface area contributed by atoms with E-state index in [-0.39, 0.29) is 0 Å². The fraction of sp³-hybridized carbons (Fsp3) is 0.0698. The first-order valence-corrected chi connectivity index (χ1v) is 16.6. The van der Waals surface area contributed by atoms with Crippen LogP contribution in [0.3, 0.4) is 0 Å². The number of rotatable bonds is 1. The van der Waals surface area contributed by atoms with Gasteiger partial charge in [-0.15, -0.1) is 4.68 Å². The molecule has 0 radical (unpaired) electrons. The summed E-state index contributed by atoms with van der Waals surface area (Å²) in [5.74, 6) is 1.79. The number of aromatic nitrogens is 4. The van der Waals surface area contributed by atoms with Crippen LogP contribution >= 0.6 is 0 Å². The lowest BCUT2D eigenvalue weighted by Crippen LogP contribution is -2.77. The number of fused-ring (bicyclic) bond motifs is 9. The van der Waals surface area contributed by atoms with Gasteiger partial charge in [-0.1, -0.05) is 77.5 Å². The van der Waals surface area contributed by atoms with Crippen LogP contribution in [-0.4, -0.2) is 9.25 Å². The average molecular weight is 617 g/mol. The highest BCUT2D eigenvalue weighted by Gasteiger charge is 2.69. The summed E-state index contributed by atoms with van der Waals surface area (Å²) >= 11 is 0.